The predicted molar refractivity (Wildman–Crippen MR) is 94.5 cm³/mol. The number of halogens is 4. The van der Waals surface area contributed by atoms with Crippen LogP contribution in [0.1, 0.15) is 23.1 Å². The molecule has 0 fully saturated rings. The number of fused-ring (bicyclic) bond motifs is 1. The standard InChI is InChI=1S/C20H21F4NO3/c21-17-5-4-15-12-25(13-16(15)11-17)7-1-2-14-3-6-18(27-9-8-26)19(10-14)28-20(22,23)24/h3-6,10-11,26H,1-2,7-9,12-13H2. The second-order valence-corrected chi connectivity index (χ2v) is 6.63. The molecule has 0 saturated heterocycles. The minimum atomic E-state index is -4.83. The number of aryl methyl sites for hydroxylation is 1. The lowest BCUT2D eigenvalue weighted by molar-refractivity contribution is -0.275. The van der Waals surface area contributed by atoms with E-state index in [1.165, 1.54) is 18.2 Å². The zero-order chi connectivity index (χ0) is 20.1. The summed E-state index contributed by atoms with van der Waals surface area (Å²) >= 11 is 0. The van der Waals surface area contributed by atoms with Gasteiger partial charge in [0.1, 0.15) is 12.4 Å². The van der Waals surface area contributed by atoms with Gasteiger partial charge in [0, 0.05) is 13.1 Å². The van der Waals surface area contributed by atoms with E-state index in [4.69, 9.17) is 9.84 Å². The highest BCUT2D eigenvalue weighted by Gasteiger charge is 2.32. The molecule has 1 aliphatic heterocycles. The van der Waals surface area contributed by atoms with Gasteiger partial charge in [-0.05, 0) is 60.3 Å². The maximum absolute atomic E-state index is 13.3. The number of rotatable bonds is 8. The summed E-state index contributed by atoms with van der Waals surface area (Å²) in [5.41, 5.74) is 2.78. The maximum atomic E-state index is 13.3. The van der Waals surface area contributed by atoms with E-state index in [1.807, 2.05) is 0 Å². The molecule has 0 amide bonds. The van der Waals surface area contributed by atoms with E-state index in [1.54, 1.807) is 18.2 Å². The molecule has 1 aliphatic rings. The minimum Gasteiger partial charge on any atom is -0.487 e. The second kappa shape index (κ2) is 8.79. The molecule has 1 N–H and O–H groups in total. The topological polar surface area (TPSA) is 41.9 Å². The predicted octanol–water partition coefficient (Wildman–Crippen LogP) is 4.04. The Morgan fingerprint density at radius 2 is 1.79 bits per heavy atom. The van der Waals surface area contributed by atoms with E-state index in [0.717, 1.165) is 30.6 Å². The maximum Gasteiger partial charge on any atom is 0.573 e. The lowest BCUT2D eigenvalue weighted by atomic mass is 10.1. The normalized spacial score (nSPS) is 14.2. The first-order valence-electron chi connectivity index (χ1n) is 8.96. The number of alkyl halides is 3. The van der Waals surface area contributed by atoms with Gasteiger partial charge < -0.3 is 14.6 Å². The average Bonchev–Trinajstić information content (AvgIpc) is 3.01. The summed E-state index contributed by atoms with van der Waals surface area (Å²) in [4.78, 5) is 2.18. The Labute approximate surface area is 160 Å². The van der Waals surface area contributed by atoms with Crippen LogP contribution in [0.15, 0.2) is 36.4 Å². The van der Waals surface area contributed by atoms with Crippen molar-refractivity contribution in [3.05, 3.63) is 58.9 Å². The third kappa shape index (κ3) is 5.59. The third-order valence-corrected chi connectivity index (χ3v) is 4.48. The summed E-state index contributed by atoms with van der Waals surface area (Å²) in [5.74, 6) is -0.726. The molecule has 0 bridgehead atoms. The molecule has 0 aromatic heterocycles. The first-order valence-corrected chi connectivity index (χ1v) is 8.96. The van der Waals surface area contributed by atoms with Crippen molar-refractivity contribution in [1.82, 2.24) is 4.90 Å². The van der Waals surface area contributed by atoms with Gasteiger partial charge in [0.05, 0.1) is 6.61 Å². The monoisotopic (exact) mass is 399 g/mol. The fraction of sp³-hybridized carbons (Fsp3) is 0.400. The summed E-state index contributed by atoms with van der Waals surface area (Å²) in [7, 11) is 0. The molecular weight excluding hydrogens is 378 g/mol. The van der Waals surface area contributed by atoms with E-state index in [0.29, 0.717) is 18.5 Å². The minimum absolute atomic E-state index is 0.0628. The molecule has 0 unspecified atom stereocenters. The highest BCUT2D eigenvalue weighted by atomic mass is 19.4. The highest BCUT2D eigenvalue weighted by Crippen LogP contribution is 2.33. The fourth-order valence-corrected chi connectivity index (χ4v) is 3.29. The van der Waals surface area contributed by atoms with Crippen molar-refractivity contribution in [2.75, 3.05) is 19.8 Å². The van der Waals surface area contributed by atoms with Crippen LogP contribution in [0.25, 0.3) is 0 Å². The Morgan fingerprint density at radius 1 is 1.00 bits per heavy atom. The number of aliphatic hydroxyl groups is 1. The third-order valence-electron chi connectivity index (χ3n) is 4.48. The van der Waals surface area contributed by atoms with Crippen LogP contribution in [-0.4, -0.2) is 36.1 Å². The summed E-state index contributed by atoms with van der Waals surface area (Å²) < 4.78 is 60.3. The van der Waals surface area contributed by atoms with Gasteiger partial charge >= 0.3 is 6.36 Å². The Morgan fingerprint density at radius 3 is 2.54 bits per heavy atom. The molecule has 3 rings (SSSR count). The second-order valence-electron chi connectivity index (χ2n) is 6.63. The van der Waals surface area contributed by atoms with Gasteiger partial charge in [-0.2, -0.15) is 0 Å². The Balaban J connectivity index is 1.57. The first-order chi connectivity index (χ1) is 13.3. The molecule has 0 atom stereocenters. The molecule has 1 heterocycles. The van der Waals surface area contributed by atoms with Gasteiger partial charge in [-0.25, -0.2) is 4.39 Å². The van der Waals surface area contributed by atoms with Crippen molar-refractivity contribution in [1.29, 1.82) is 0 Å². The van der Waals surface area contributed by atoms with E-state index in [-0.39, 0.29) is 24.8 Å². The molecule has 2 aromatic carbocycles. The molecular formula is C20H21F4NO3. The summed E-state index contributed by atoms with van der Waals surface area (Å²) in [5, 5.41) is 8.79. The average molecular weight is 399 g/mol. The van der Waals surface area contributed by atoms with E-state index < -0.39 is 12.1 Å². The zero-order valence-corrected chi connectivity index (χ0v) is 15.1. The van der Waals surface area contributed by atoms with Crippen LogP contribution in [-0.2, 0) is 19.5 Å². The van der Waals surface area contributed by atoms with Crippen LogP contribution in [0.2, 0.25) is 0 Å². The van der Waals surface area contributed by atoms with Crippen LogP contribution < -0.4 is 9.47 Å². The number of nitrogens with zero attached hydrogens (tertiary/aromatic N) is 1. The number of hydrogen-bond acceptors (Lipinski definition) is 4. The SMILES string of the molecule is OCCOc1ccc(CCCN2Cc3ccc(F)cc3C2)cc1OC(F)(F)F. The van der Waals surface area contributed by atoms with Gasteiger partial charge in [-0.3, -0.25) is 4.90 Å². The van der Waals surface area contributed by atoms with Gasteiger partial charge in [-0.15, -0.1) is 13.2 Å². The lowest BCUT2D eigenvalue weighted by Crippen LogP contribution is -2.19. The Bertz CT molecular complexity index is 811. The van der Waals surface area contributed by atoms with Crippen LogP contribution in [0.5, 0.6) is 11.5 Å². The molecule has 0 saturated carbocycles. The Hall–Kier alpha value is -2.32. The Kier molecular flexibility index (Phi) is 6.41. The number of benzene rings is 2. The molecule has 0 aliphatic carbocycles. The van der Waals surface area contributed by atoms with Crippen molar-refractivity contribution in [3.8, 4) is 11.5 Å². The first kappa shape index (κ1) is 20.4. The zero-order valence-electron chi connectivity index (χ0n) is 15.1. The number of aliphatic hydroxyl groups excluding tert-OH is 1. The fourth-order valence-electron chi connectivity index (χ4n) is 3.29. The number of ether oxygens (including phenoxy) is 2. The molecule has 8 heteroatoms. The van der Waals surface area contributed by atoms with Crippen molar-refractivity contribution >= 4 is 0 Å². The summed E-state index contributed by atoms with van der Waals surface area (Å²) in [6.45, 7) is 1.73. The molecule has 0 radical (unpaired) electrons. The van der Waals surface area contributed by atoms with E-state index in [9.17, 15) is 17.6 Å². The van der Waals surface area contributed by atoms with Crippen LogP contribution in [0, 0.1) is 5.82 Å². The van der Waals surface area contributed by atoms with Crippen molar-refractivity contribution < 1.29 is 32.1 Å². The molecule has 28 heavy (non-hydrogen) atoms. The molecule has 2 aromatic rings. The van der Waals surface area contributed by atoms with Crippen molar-refractivity contribution in [2.45, 2.75) is 32.3 Å². The van der Waals surface area contributed by atoms with Gasteiger partial charge in [0.15, 0.2) is 11.5 Å². The van der Waals surface area contributed by atoms with Crippen LogP contribution in [0.3, 0.4) is 0 Å². The van der Waals surface area contributed by atoms with Crippen molar-refractivity contribution in [3.63, 3.8) is 0 Å². The summed E-state index contributed by atoms with van der Waals surface area (Å²) in [6.07, 6.45) is -3.53. The van der Waals surface area contributed by atoms with Crippen molar-refractivity contribution in [2.24, 2.45) is 0 Å². The van der Waals surface area contributed by atoms with Gasteiger partial charge in [0.2, 0.25) is 0 Å². The largest absolute Gasteiger partial charge is 0.573 e. The molecule has 4 nitrogen and oxygen atoms in total. The lowest BCUT2D eigenvalue weighted by Gasteiger charge is -2.16. The van der Waals surface area contributed by atoms with E-state index in [2.05, 4.69) is 9.64 Å². The molecule has 0 spiro atoms. The quantitative estimate of drug-likeness (QED) is 0.681. The molecule has 152 valence electrons. The van der Waals surface area contributed by atoms with Gasteiger partial charge in [-0.1, -0.05) is 12.1 Å². The van der Waals surface area contributed by atoms with Gasteiger partial charge in [0.25, 0.3) is 0 Å². The smallest absolute Gasteiger partial charge is 0.487 e. The summed E-state index contributed by atoms with van der Waals surface area (Å²) in [6, 6.07) is 9.20. The van der Waals surface area contributed by atoms with E-state index >= 15 is 0 Å². The van der Waals surface area contributed by atoms with Crippen LogP contribution >= 0.6 is 0 Å². The highest BCUT2D eigenvalue weighted by molar-refractivity contribution is 5.43. The van der Waals surface area contributed by atoms with Crippen LogP contribution in [0.4, 0.5) is 17.6 Å². The number of hydrogen-bond donors (Lipinski definition) is 1.